The van der Waals surface area contributed by atoms with Crippen LogP contribution in [0.2, 0.25) is 0 Å². The maximum absolute atomic E-state index is 11.8. The summed E-state index contributed by atoms with van der Waals surface area (Å²) in [7, 11) is 0. The summed E-state index contributed by atoms with van der Waals surface area (Å²) in [6, 6.07) is 0. The molecule has 1 heterocycles. The zero-order valence-electron chi connectivity index (χ0n) is 6.60. The highest BCUT2D eigenvalue weighted by Crippen LogP contribution is 2.22. The summed E-state index contributed by atoms with van der Waals surface area (Å²) in [4.78, 5) is 3.47. The number of hydrogen-bond donors (Lipinski definition) is 0. The molecule has 0 aliphatic carbocycles. The smallest absolute Gasteiger partial charge is 0.339 e. The van der Waals surface area contributed by atoms with Gasteiger partial charge in [-0.2, -0.15) is 18.2 Å². The first-order valence-electron chi connectivity index (χ1n) is 3.42. The molecule has 0 aliphatic heterocycles. The molecule has 1 aromatic rings. The quantitative estimate of drug-likeness (QED) is 0.710. The SMILES string of the molecule is CC(Cl)c1noc(CC(F)(F)F)n1. The first kappa shape index (κ1) is 10.3. The van der Waals surface area contributed by atoms with E-state index in [4.69, 9.17) is 11.6 Å². The van der Waals surface area contributed by atoms with E-state index in [1.165, 1.54) is 0 Å². The highest BCUT2D eigenvalue weighted by molar-refractivity contribution is 6.20. The zero-order valence-corrected chi connectivity index (χ0v) is 7.35. The van der Waals surface area contributed by atoms with Crippen molar-refractivity contribution in [2.24, 2.45) is 0 Å². The van der Waals surface area contributed by atoms with Gasteiger partial charge in [0.15, 0.2) is 5.82 Å². The molecule has 0 amide bonds. The number of halogens is 4. The van der Waals surface area contributed by atoms with E-state index in [1.807, 2.05) is 0 Å². The number of alkyl halides is 4. The summed E-state index contributed by atoms with van der Waals surface area (Å²) in [6.07, 6.45) is -5.55. The van der Waals surface area contributed by atoms with Gasteiger partial charge in [0, 0.05) is 0 Å². The summed E-state index contributed by atoms with van der Waals surface area (Å²) < 4.78 is 39.7. The van der Waals surface area contributed by atoms with Crippen LogP contribution in [0.15, 0.2) is 4.52 Å². The molecule has 0 fully saturated rings. The van der Waals surface area contributed by atoms with Crippen LogP contribution in [0.3, 0.4) is 0 Å². The Morgan fingerprint density at radius 1 is 1.54 bits per heavy atom. The van der Waals surface area contributed by atoms with Crippen molar-refractivity contribution in [2.75, 3.05) is 0 Å². The standard InChI is InChI=1S/C6H6ClF3N2O/c1-3(7)5-11-4(13-12-5)2-6(8,9)10/h3H,2H2,1H3. The molecule has 3 nitrogen and oxygen atoms in total. The lowest BCUT2D eigenvalue weighted by Gasteiger charge is -1.99. The molecule has 0 spiro atoms. The van der Waals surface area contributed by atoms with Crippen LogP contribution in [0, 0.1) is 0 Å². The van der Waals surface area contributed by atoms with Crippen LogP contribution < -0.4 is 0 Å². The van der Waals surface area contributed by atoms with E-state index in [0.717, 1.165) is 0 Å². The first-order valence-corrected chi connectivity index (χ1v) is 3.85. The van der Waals surface area contributed by atoms with E-state index < -0.39 is 23.9 Å². The van der Waals surface area contributed by atoms with Crippen molar-refractivity contribution in [3.05, 3.63) is 11.7 Å². The Labute approximate surface area is 76.9 Å². The van der Waals surface area contributed by atoms with Gasteiger partial charge in [-0.25, -0.2) is 0 Å². The summed E-state index contributed by atoms with van der Waals surface area (Å²) >= 11 is 5.52. The molecule has 0 radical (unpaired) electrons. The molecule has 1 aromatic heterocycles. The topological polar surface area (TPSA) is 38.9 Å². The van der Waals surface area contributed by atoms with Gasteiger partial charge < -0.3 is 4.52 Å². The van der Waals surface area contributed by atoms with Crippen molar-refractivity contribution in [1.82, 2.24) is 10.1 Å². The van der Waals surface area contributed by atoms with Gasteiger partial charge in [-0.1, -0.05) is 5.16 Å². The molecular weight excluding hydrogens is 209 g/mol. The third kappa shape index (κ3) is 3.22. The molecule has 1 atom stereocenters. The van der Waals surface area contributed by atoms with Crippen molar-refractivity contribution in [2.45, 2.75) is 24.9 Å². The van der Waals surface area contributed by atoms with Crippen LogP contribution in [0.4, 0.5) is 13.2 Å². The van der Waals surface area contributed by atoms with Gasteiger partial charge in [0.1, 0.15) is 6.42 Å². The molecule has 0 N–H and O–H groups in total. The Bertz CT molecular complexity index is 284. The molecule has 0 aliphatic rings. The fraction of sp³-hybridized carbons (Fsp3) is 0.667. The minimum absolute atomic E-state index is 0.0703. The summed E-state index contributed by atoms with van der Waals surface area (Å²) in [6.45, 7) is 1.55. The molecule has 0 bridgehead atoms. The number of rotatable bonds is 2. The van der Waals surface area contributed by atoms with E-state index in [-0.39, 0.29) is 5.82 Å². The second-order valence-corrected chi connectivity index (χ2v) is 3.11. The maximum atomic E-state index is 11.8. The van der Waals surface area contributed by atoms with Crippen LogP contribution in [0.1, 0.15) is 24.0 Å². The van der Waals surface area contributed by atoms with Gasteiger partial charge in [-0.3, -0.25) is 0 Å². The van der Waals surface area contributed by atoms with E-state index >= 15 is 0 Å². The van der Waals surface area contributed by atoms with Crippen LogP contribution >= 0.6 is 11.6 Å². The third-order valence-electron chi connectivity index (χ3n) is 1.19. The van der Waals surface area contributed by atoms with Gasteiger partial charge in [0.2, 0.25) is 5.89 Å². The maximum Gasteiger partial charge on any atom is 0.397 e. The lowest BCUT2D eigenvalue weighted by molar-refractivity contribution is -0.131. The largest absolute Gasteiger partial charge is 0.397 e. The highest BCUT2D eigenvalue weighted by atomic mass is 35.5. The van der Waals surface area contributed by atoms with Gasteiger partial charge in [-0.15, -0.1) is 11.6 Å². The van der Waals surface area contributed by atoms with Crippen LogP contribution in [-0.2, 0) is 6.42 Å². The number of hydrogen-bond acceptors (Lipinski definition) is 3. The van der Waals surface area contributed by atoms with Gasteiger partial charge in [-0.05, 0) is 6.92 Å². The Kier molecular flexibility index (Phi) is 2.80. The Morgan fingerprint density at radius 3 is 2.54 bits per heavy atom. The molecule has 0 saturated carbocycles. The van der Waals surface area contributed by atoms with E-state index in [1.54, 1.807) is 6.92 Å². The van der Waals surface area contributed by atoms with Gasteiger partial charge in [0.25, 0.3) is 0 Å². The van der Waals surface area contributed by atoms with E-state index in [2.05, 4.69) is 14.7 Å². The summed E-state index contributed by atoms with van der Waals surface area (Å²) in [5, 5.41) is 2.73. The van der Waals surface area contributed by atoms with Crippen molar-refractivity contribution in [3.63, 3.8) is 0 Å². The van der Waals surface area contributed by atoms with Crippen LogP contribution in [-0.4, -0.2) is 16.3 Å². The third-order valence-corrected chi connectivity index (χ3v) is 1.39. The lowest BCUT2D eigenvalue weighted by Crippen LogP contribution is -2.11. The monoisotopic (exact) mass is 214 g/mol. The van der Waals surface area contributed by atoms with Crippen molar-refractivity contribution >= 4 is 11.6 Å². The number of nitrogens with zero attached hydrogens (tertiary/aromatic N) is 2. The van der Waals surface area contributed by atoms with Crippen molar-refractivity contribution in [1.29, 1.82) is 0 Å². The normalized spacial score (nSPS) is 14.5. The minimum Gasteiger partial charge on any atom is -0.339 e. The molecule has 7 heteroatoms. The fourth-order valence-electron chi connectivity index (χ4n) is 0.673. The molecule has 0 aromatic carbocycles. The zero-order chi connectivity index (χ0) is 10.1. The van der Waals surface area contributed by atoms with Crippen LogP contribution in [0.5, 0.6) is 0 Å². The Balaban J connectivity index is 2.70. The minimum atomic E-state index is -4.33. The van der Waals surface area contributed by atoms with E-state index in [0.29, 0.717) is 0 Å². The molecule has 1 unspecified atom stereocenters. The average Bonchev–Trinajstić information content (AvgIpc) is 2.31. The predicted octanol–water partition coefficient (Wildman–Crippen LogP) is 2.47. The molecule has 0 saturated heterocycles. The highest BCUT2D eigenvalue weighted by Gasteiger charge is 2.31. The molecular formula is C6H6ClF3N2O. The van der Waals surface area contributed by atoms with Gasteiger partial charge in [0.05, 0.1) is 5.38 Å². The summed E-state index contributed by atoms with van der Waals surface area (Å²) in [5.41, 5.74) is 0. The average molecular weight is 215 g/mol. The Hall–Kier alpha value is -0.780. The second kappa shape index (κ2) is 3.53. The predicted molar refractivity (Wildman–Crippen MR) is 38.3 cm³/mol. The Morgan fingerprint density at radius 2 is 2.15 bits per heavy atom. The number of aromatic nitrogens is 2. The van der Waals surface area contributed by atoms with Crippen molar-refractivity contribution < 1.29 is 17.7 Å². The summed E-state index contributed by atoms with van der Waals surface area (Å²) in [5.74, 6) is -0.393. The second-order valence-electron chi connectivity index (χ2n) is 2.45. The molecule has 1 rings (SSSR count). The molecule has 74 valence electrons. The first-order chi connectivity index (χ1) is 5.88. The van der Waals surface area contributed by atoms with Crippen molar-refractivity contribution in [3.8, 4) is 0 Å². The van der Waals surface area contributed by atoms with E-state index in [9.17, 15) is 13.2 Å². The van der Waals surface area contributed by atoms with Gasteiger partial charge >= 0.3 is 6.18 Å². The fourth-order valence-corrected chi connectivity index (χ4v) is 0.762. The lowest BCUT2D eigenvalue weighted by atomic mass is 10.4. The van der Waals surface area contributed by atoms with Crippen LogP contribution in [0.25, 0.3) is 0 Å². The molecule has 13 heavy (non-hydrogen) atoms.